The predicted octanol–water partition coefficient (Wildman–Crippen LogP) is 18.7. The molecule has 14 aromatic rings. The van der Waals surface area contributed by atoms with E-state index in [1.165, 1.54) is 0 Å². The van der Waals surface area contributed by atoms with E-state index in [-0.39, 0.29) is 0 Å². The van der Waals surface area contributed by atoms with Crippen molar-refractivity contribution in [1.29, 1.82) is 10.5 Å². The fourth-order valence-electron chi connectivity index (χ4n) is 11.5. The number of para-hydroxylation sites is 2. The van der Waals surface area contributed by atoms with Gasteiger partial charge in [-0.15, -0.1) is 0 Å². The normalized spacial score (nSPS) is 11.3. The predicted molar refractivity (Wildman–Crippen MR) is 320 cm³/mol. The van der Waals surface area contributed by atoms with Crippen LogP contribution in [0.1, 0.15) is 11.1 Å². The van der Waals surface area contributed by atoms with Gasteiger partial charge in [0.05, 0.1) is 56.0 Å². The van der Waals surface area contributed by atoms with Gasteiger partial charge in [0.1, 0.15) is 12.1 Å². The quantitative estimate of drug-likeness (QED) is 0.145. The molecule has 78 heavy (non-hydrogen) atoms. The highest BCUT2D eigenvalue weighted by Crippen LogP contribution is 2.43. The number of hydrogen-bond donors (Lipinski definition) is 0. The van der Waals surface area contributed by atoms with Gasteiger partial charge in [-0.3, -0.25) is 0 Å². The lowest BCUT2D eigenvalue weighted by molar-refractivity contribution is 1.16. The Hall–Kier alpha value is -10.9. The van der Waals surface area contributed by atoms with Crippen LogP contribution in [-0.2, 0) is 0 Å². The molecule has 0 bridgehead atoms. The highest BCUT2D eigenvalue weighted by molar-refractivity contribution is 6.13. The van der Waals surface area contributed by atoms with Crippen molar-refractivity contribution in [2.75, 3.05) is 0 Å². The summed E-state index contributed by atoms with van der Waals surface area (Å²) >= 11 is 0. The monoisotopic (exact) mass is 991 g/mol. The third-order valence-corrected chi connectivity index (χ3v) is 15.2. The fourth-order valence-corrected chi connectivity index (χ4v) is 11.5. The minimum atomic E-state index is 0.320. The van der Waals surface area contributed by atoms with E-state index in [0.717, 1.165) is 133 Å². The van der Waals surface area contributed by atoms with E-state index in [1.807, 2.05) is 12.1 Å². The summed E-state index contributed by atoms with van der Waals surface area (Å²) in [4.78, 5) is 5.71. The summed E-state index contributed by atoms with van der Waals surface area (Å²) in [5.74, 6) is 0. The number of pyridine rings is 1. The van der Waals surface area contributed by atoms with E-state index < -0.39 is 0 Å². The molecule has 11 aromatic carbocycles. The molecule has 0 fully saturated rings. The molecule has 0 saturated carbocycles. The number of nitriles is 2. The molecule has 0 N–H and O–H groups in total. The highest BCUT2D eigenvalue weighted by Gasteiger charge is 2.22. The molecule has 14 rings (SSSR count). The van der Waals surface area contributed by atoms with Gasteiger partial charge in [-0.05, 0) is 141 Å². The van der Waals surface area contributed by atoms with Crippen molar-refractivity contribution in [1.82, 2.24) is 14.1 Å². The van der Waals surface area contributed by atoms with Crippen LogP contribution in [0.5, 0.6) is 0 Å². The molecule has 0 aliphatic carbocycles. The Balaban J connectivity index is 1.00. The van der Waals surface area contributed by atoms with Gasteiger partial charge < -0.3 is 9.13 Å². The number of fused-ring (bicyclic) bond motifs is 6. The number of nitrogens with zero attached hydrogens (tertiary/aromatic N) is 5. The van der Waals surface area contributed by atoms with Crippen LogP contribution in [0.2, 0.25) is 0 Å². The van der Waals surface area contributed by atoms with Crippen molar-refractivity contribution >= 4 is 43.6 Å². The number of benzene rings is 11. The summed E-state index contributed by atoms with van der Waals surface area (Å²) in [6, 6.07) is 101. The highest BCUT2D eigenvalue weighted by atomic mass is 15.0. The van der Waals surface area contributed by atoms with Crippen molar-refractivity contribution in [2.24, 2.45) is 0 Å². The second-order valence-corrected chi connectivity index (χ2v) is 19.7. The lowest BCUT2D eigenvalue weighted by Gasteiger charge is -2.18. The molecule has 0 saturated heterocycles. The van der Waals surface area contributed by atoms with Crippen molar-refractivity contribution in [3.63, 3.8) is 0 Å². The summed E-state index contributed by atoms with van der Waals surface area (Å²) in [5, 5.41) is 24.9. The Morgan fingerprint density at radius 2 is 0.564 bits per heavy atom. The van der Waals surface area contributed by atoms with Crippen LogP contribution < -0.4 is 0 Å². The van der Waals surface area contributed by atoms with Crippen molar-refractivity contribution in [3.05, 3.63) is 284 Å². The van der Waals surface area contributed by atoms with Crippen LogP contribution in [0.3, 0.4) is 0 Å². The molecule has 3 heterocycles. The molecule has 5 nitrogen and oxygen atoms in total. The lowest BCUT2D eigenvalue weighted by atomic mass is 9.96. The third-order valence-electron chi connectivity index (χ3n) is 15.2. The topological polar surface area (TPSA) is 70.3 Å². The molecule has 0 aliphatic rings. The molecule has 0 atom stereocenters. The van der Waals surface area contributed by atoms with Gasteiger partial charge in [-0.1, -0.05) is 188 Å². The largest absolute Gasteiger partial charge is 0.309 e. The third kappa shape index (κ3) is 7.91. The molecule has 0 aliphatic heterocycles. The van der Waals surface area contributed by atoms with E-state index in [2.05, 4.69) is 276 Å². The summed E-state index contributed by atoms with van der Waals surface area (Å²) in [7, 11) is 0. The SMILES string of the molecule is N#Cc1ccc(-c2cc(-c3ccccc3-n3c4ccc(-c5ccccc5)cc4c4cc(-c5ccccc5)ccc43)nc(-c3ccccc3-n3c4ccc(-c5ccccc5)cc4c4cc(-c5ccccc5)ccc43)c2)cc1C#N. The molecule has 362 valence electrons. The van der Waals surface area contributed by atoms with Gasteiger partial charge in [-0.2, -0.15) is 10.5 Å². The molecular weight excluding hydrogens is 947 g/mol. The first-order valence-electron chi connectivity index (χ1n) is 26.1. The summed E-state index contributed by atoms with van der Waals surface area (Å²) in [6.07, 6.45) is 0. The van der Waals surface area contributed by atoms with Gasteiger partial charge in [0, 0.05) is 32.7 Å². The maximum atomic E-state index is 10.3. The first-order valence-corrected chi connectivity index (χ1v) is 26.1. The fraction of sp³-hybridized carbons (Fsp3) is 0. The van der Waals surface area contributed by atoms with Gasteiger partial charge in [0.2, 0.25) is 0 Å². The number of aromatic nitrogens is 3. The Morgan fingerprint density at radius 1 is 0.256 bits per heavy atom. The number of rotatable bonds is 9. The Kier molecular flexibility index (Phi) is 11.2. The Bertz CT molecular complexity index is 4270. The average molecular weight is 992 g/mol. The van der Waals surface area contributed by atoms with Crippen LogP contribution in [0.25, 0.3) is 133 Å². The van der Waals surface area contributed by atoms with E-state index >= 15 is 0 Å². The van der Waals surface area contributed by atoms with Gasteiger partial charge >= 0.3 is 0 Å². The summed E-state index contributed by atoms with van der Waals surface area (Å²) < 4.78 is 4.76. The standard InChI is InChI=1S/C73H45N5/c74-46-57-30-29-52(39-59(57)47-75)58-44-66(60-25-13-15-27-68(60)77-70-35-31-53(48-17-5-1-6-18-48)40-62(70)63-41-54(32-36-71(63)77)49-19-7-2-8-20-49)76-67(45-58)61-26-14-16-28-69(61)78-72-37-33-55(50-21-9-3-10-22-50)42-64(72)65-43-56(34-38-73(65)78)51-23-11-4-12-24-51/h1-45H. The minimum absolute atomic E-state index is 0.320. The lowest BCUT2D eigenvalue weighted by Crippen LogP contribution is -2.01. The molecular formula is C73H45N5. The second-order valence-electron chi connectivity index (χ2n) is 19.7. The van der Waals surface area contributed by atoms with Gasteiger partial charge in [0.15, 0.2) is 0 Å². The maximum Gasteiger partial charge on any atom is 0.101 e. The zero-order valence-electron chi connectivity index (χ0n) is 42.2. The van der Waals surface area contributed by atoms with Gasteiger partial charge in [-0.25, -0.2) is 4.98 Å². The van der Waals surface area contributed by atoms with Crippen LogP contribution in [0, 0.1) is 22.7 Å². The summed E-state index contributed by atoms with van der Waals surface area (Å²) in [5.41, 5.74) is 21.2. The van der Waals surface area contributed by atoms with Crippen LogP contribution in [0.15, 0.2) is 273 Å². The average Bonchev–Trinajstić information content (AvgIpc) is 4.19. The Morgan fingerprint density at radius 3 is 0.910 bits per heavy atom. The first kappa shape index (κ1) is 45.7. The van der Waals surface area contributed by atoms with E-state index in [0.29, 0.717) is 11.1 Å². The zero-order chi connectivity index (χ0) is 52.1. The molecule has 0 amide bonds. The minimum Gasteiger partial charge on any atom is -0.309 e. The van der Waals surface area contributed by atoms with Crippen molar-refractivity contribution in [3.8, 4) is 102 Å². The molecule has 0 unspecified atom stereocenters. The van der Waals surface area contributed by atoms with Crippen LogP contribution in [-0.4, -0.2) is 14.1 Å². The van der Waals surface area contributed by atoms with E-state index in [4.69, 9.17) is 4.98 Å². The van der Waals surface area contributed by atoms with Crippen molar-refractivity contribution in [2.45, 2.75) is 0 Å². The van der Waals surface area contributed by atoms with Crippen LogP contribution in [0.4, 0.5) is 0 Å². The number of hydrogen-bond acceptors (Lipinski definition) is 3. The Labute approximate surface area is 451 Å². The second kappa shape index (κ2) is 19.1. The first-order chi connectivity index (χ1) is 38.6. The molecule has 5 heteroatoms. The van der Waals surface area contributed by atoms with E-state index in [9.17, 15) is 10.5 Å². The molecule has 0 spiro atoms. The zero-order valence-corrected chi connectivity index (χ0v) is 42.2. The molecule has 3 aromatic heterocycles. The van der Waals surface area contributed by atoms with Crippen molar-refractivity contribution < 1.29 is 0 Å². The summed E-state index contributed by atoms with van der Waals surface area (Å²) in [6.45, 7) is 0. The van der Waals surface area contributed by atoms with E-state index in [1.54, 1.807) is 6.07 Å². The van der Waals surface area contributed by atoms with Crippen LogP contribution >= 0.6 is 0 Å². The smallest absolute Gasteiger partial charge is 0.101 e. The maximum absolute atomic E-state index is 10.3. The van der Waals surface area contributed by atoms with Gasteiger partial charge in [0.25, 0.3) is 0 Å². The molecule has 0 radical (unpaired) electrons.